The molecule has 10 heteroatoms. The van der Waals surface area contributed by atoms with Crippen LogP contribution in [0, 0.1) is 12.8 Å². The van der Waals surface area contributed by atoms with Gasteiger partial charge in [-0.2, -0.15) is 11.8 Å². The van der Waals surface area contributed by atoms with Crippen LogP contribution in [-0.4, -0.2) is 85.7 Å². The number of carbonyl (C=O) groups is 2. The number of sulfone groups is 1. The molecule has 2 aliphatic rings. The Morgan fingerprint density at radius 3 is 2.51 bits per heavy atom. The molecule has 1 saturated carbocycles. The van der Waals surface area contributed by atoms with Gasteiger partial charge in [-0.1, -0.05) is 49.6 Å². The van der Waals surface area contributed by atoms with E-state index >= 15 is 0 Å². The summed E-state index contributed by atoms with van der Waals surface area (Å²) in [5, 5.41) is 12.0. The fraction of sp³-hybridized carbons (Fsp3) is 0.576. The van der Waals surface area contributed by atoms with Gasteiger partial charge >= 0.3 is 5.97 Å². The molecule has 1 aliphatic carbocycles. The maximum Gasteiger partial charge on any atom is 0.326 e. The van der Waals surface area contributed by atoms with Crippen molar-refractivity contribution in [1.82, 2.24) is 10.2 Å². The molecule has 2 fully saturated rings. The monoisotopic (exact) mass is 630 g/mol. The lowest BCUT2D eigenvalue weighted by atomic mass is 9.90. The number of rotatable bonds is 14. The van der Waals surface area contributed by atoms with Crippen LogP contribution in [0.15, 0.2) is 42.5 Å². The first-order valence-corrected chi connectivity index (χ1v) is 18.6. The van der Waals surface area contributed by atoms with Crippen molar-refractivity contribution in [3.63, 3.8) is 0 Å². The largest absolute Gasteiger partial charge is 0.480 e. The zero-order valence-corrected chi connectivity index (χ0v) is 27.2. The van der Waals surface area contributed by atoms with E-state index in [2.05, 4.69) is 10.2 Å². The summed E-state index contributed by atoms with van der Waals surface area (Å²) in [4.78, 5) is 27.5. The van der Waals surface area contributed by atoms with E-state index in [9.17, 15) is 23.1 Å². The van der Waals surface area contributed by atoms with Crippen molar-refractivity contribution in [2.75, 3.05) is 38.0 Å². The van der Waals surface area contributed by atoms with Crippen LogP contribution in [0.4, 0.5) is 0 Å². The van der Waals surface area contributed by atoms with Crippen LogP contribution in [0.5, 0.6) is 0 Å². The lowest BCUT2D eigenvalue weighted by molar-refractivity contribution is -0.139. The Kier molecular flexibility index (Phi) is 12.1. The van der Waals surface area contributed by atoms with Gasteiger partial charge in [0.1, 0.15) is 6.04 Å². The number of hydrogen-bond acceptors (Lipinski definition) is 7. The number of ether oxygens (including phenoxy) is 1. The van der Waals surface area contributed by atoms with Gasteiger partial charge < -0.3 is 15.2 Å². The molecule has 3 unspecified atom stereocenters. The molecule has 2 N–H and O–H groups in total. The maximum absolute atomic E-state index is 13.5. The number of aryl methyl sites for hydroxylation is 1. The number of carbonyl (C=O) groups excluding carboxylic acids is 1. The lowest BCUT2D eigenvalue weighted by Crippen LogP contribution is -2.41. The van der Waals surface area contributed by atoms with Crippen molar-refractivity contribution >= 4 is 33.5 Å². The average molecular weight is 631 g/mol. The van der Waals surface area contributed by atoms with Gasteiger partial charge in [0.2, 0.25) is 0 Å². The highest BCUT2D eigenvalue weighted by atomic mass is 32.2. The summed E-state index contributed by atoms with van der Waals surface area (Å²) in [5.74, 6) is -0.268. The highest BCUT2D eigenvalue weighted by molar-refractivity contribution is 7.98. The second-order valence-corrected chi connectivity index (χ2v) is 15.5. The van der Waals surface area contributed by atoms with Gasteiger partial charge in [0, 0.05) is 37.6 Å². The smallest absolute Gasteiger partial charge is 0.326 e. The average Bonchev–Trinajstić information content (AvgIpc) is 3.39. The van der Waals surface area contributed by atoms with Crippen LogP contribution in [0.2, 0.25) is 0 Å². The van der Waals surface area contributed by atoms with Gasteiger partial charge in [0.15, 0.2) is 9.84 Å². The molecule has 1 amide bonds. The third kappa shape index (κ3) is 9.30. The predicted octanol–water partition coefficient (Wildman–Crippen LogP) is 5.18. The summed E-state index contributed by atoms with van der Waals surface area (Å²) in [6, 6.07) is 12.5. The molecule has 0 aromatic heterocycles. The van der Waals surface area contributed by atoms with Gasteiger partial charge in [0.05, 0.1) is 11.9 Å². The van der Waals surface area contributed by atoms with E-state index in [1.54, 1.807) is 6.07 Å². The van der Waals surface area contributed by atoms with Crippen molar-refractivity contribution in [2.45, 2.75) is 75.7 Å². The second-order valence-electron chi connectivity index (χ2n) is 12.2. The summed E-state index contributed by atoms with van der Waals surface area (Å²) < 4.78 is 31.3. The summed E-state index contributed by atoms with van der Waals surface area (Å²) in [7, 11) is -3.21. The molecular weight excluding hydrogens is 585 g/mol. The third-order valence-corrected chi connectivity index (χ3v) is 11.0. The van der Waals surface area contributed by atoms with Crippen molar-refractivity contribution in [2.24, 2.45) is 5.92 Å². The molecule has 1 saturated heterocycles. The lowest BCUT2D eigenvalue weighted by Gasteiger charge is -2.27. The molecule has 0 radical (unpaired) electrons. The minimum atomic E-state index is -3.21. The summed E-state index contributed by atoms with van der Waals surface area (Å²) in [6.07, 6.45) is 10.3. The number of thioether (sulfide) groups is 1. The van der Waals surface area contributed by atoms with E-state index < -0.39 is 33.0 Å². The molecule has 43 heavy (non-hydrogen) atoms. The molecule has 0 spiro atoms. The van der Waals surface area contributed by atoms with Crippen LogP contribution in [0.25, 0.3) is 11.1 Å². The Bertz CT molecular complexity index is 1360. The molecule has 1 heterocycles. The first kappa shape index (κ1) is 33.5. The SMILES string of the molecule is CSCCC(NC(=O)c1ccc(CN2CC(S(C)(=O)=O)CC2COCC2CCCCC2)cc1-c1ccccc1C)C(=O)O. The third-order valence-electron chi connectivity index (χ3n) is 8.85. The normalized spacial score (nSPS) is 20.6. The van der Waals surface area contributed by atoms with Gasteiger partial charge in [-0.15, -0.1) is 0 Å². The fourth-order valence-electron chi connectivity index (χ4n) is 6.29. The van der Waals surface area contributed by atoms with Crippen LogP contribution in [-0.2, 0) is 25.9 Å². The zero-order chi connectivity index (χ0) is 31.0. The van der Waals surface area contributed by atoms with E-state index in [0.717, 1.165) is 28.9 Å². The summed E-state index contributed by atoms with van der Waals surface area (Å²) in [6.45, 7) is 4.17. The molecule has 2 aromatic rings. The Morgan fingerprint density at radius 1 is 1.09 bits per heavy atom. The Hall–Kier alpha value is -2.40. The van der Waals surface area contributed by atoms with Gasteiger partial charge in [-0.25, -0.2) is 13.2 Å². The molecule has 4 rings (SSSR count). The van der Waals surface area contributed by atoms with Gasteiger partial charge in [-0.05, 0) is 84.9 Å². The topological polar surface area (TPSA) is 113 Å². The van der Waals surface area contributed by atoms with Crippen molar-refractivity contribution < 1.29 is 27.9 Å². The quantitative estimate of drug-likeness (QED) is 0.294. The number of nitrogens with one attached hydrogen (secondary N) is 1. The number of hydrogen-bond donors (Lipinski definition) is 2. The predicted molar refractivity (Wildman–Crippen MR) is 173 cm³/mol. The number of benzene rings is 2. The van der Waals surface area contributed by atoms with Crippen molar-refractivity contribution in [3.05, 3.63) is 59.2 Å². The molecular formula is C33H46N2O6S2. The van der Waals surface area contributed by atoms with E-state index in [1.807, 2.05) is 49.6 Å². The van der Waals surface area contributed by atoms with Crippen LogP contribution >= 0.6 is 11.8 Å². The number of aliphatic carboxylic acids is 1. The van der Waals surface area contributed by atoms with Gasteiger partial charge in [-0.3, -0.25) is 9.69 Å². The highest BCUT2D eigenvalue weighted by Gasteiger charge is 2.37. The van der Waals surface area contributed by atoms with E-state index in [0.29, 0.717) is 49.8 Å². The first-order valence-electron chi connectivity index (χ1n) is 15.3. The van der Waals surface area contributed by atoms with Crippen LogP contribution < -0.4 is 5.32 Å². The molecule has 1 aliphatic heterocycles. The number of carboxylic acid groups (broad SMARTS) is 1. The number of likely N-dealkylation sites (tertiary alicyclic amines) is 1. The minimum Gasteiger partial charge on any atom is -0.480 e. The highest BCUT2D eigenvalue weighted by Crippen LogP contribution is 2.31. The molecule has 236 valence electrons. The summed E-state index contributed by atoms with van der Waals surface area (Å²) in [5.41, 5.74) is 3.99. The fourth-order valence-corrected chi connectivity index (χ4v) is 7.79. The number of nitrogens with zero attached hydrogens (tertiary/aromatic N) is 1. The Balaban J connectivity index is 1.57. The first-order chi connectivity index (χ1) is 20.6. The minimum absolute atomic E-state index is 0.0130. The second kappa shape index (κ2) is 15.5. The molecule has 2 aromatic carbocycles. The van der Waals surface area contributed by atoms with Gasteiger partial charge in [0.25, 0.3) is 5.91 Å². The maximum atomic E-state index is 13.5. The molecule has 3 atom stereocenters. The van der Waals surface area contributed by atoms with E-state index in [-0.39, 0.29) is 6.04 Å². The summed E-state index contributed by atoms with van der Waals surface area (Å²) >= 11 is 1.54. The Morgan fingerprint density at radius 2 is 1.84 bits per heavy atom. The van der Waals surface area contributed by atoms with Crippen LogP contribution in [0.3, 0.4) is 0 Å². The van der Waals surface area contributed by atoms with Crippen molar-refractivity contribution in [3.8, 4) is 11.1 Å². The molecule has 8 nitrogen and oxygen atoms in total. The van der Waals surface area contributed by atoms with Crippen LogP contribution in [0.1, 0.15) is 66.4 Å². The van der Waals surface area contributed by atoms with E-state index in [4.69, 9.17) is 4.74 Å². The standard InChI is InChI=1S/C33H46N2O6S2/c1-23-9-7-8-12-28(23)30-17-25(13-14-29(30)32(36)34-31(33(37)38)15-16-42-2)19-35-20-27(43(3,39)40)18-26(35)22-41-21-24-10-5-4-6-11-24/h7-9,12-14,17,24,26-27,31H,4-6,10-11,15-16,18-22H2,1-3H3,(H,34,36)(H,37,38). The zero-order valence-electron chi connectivity index (χ0n) is 25.6. The van der Waals surface area contributed by atoms with Crippen molar-refractivity contribution in [1.29, 1.82) is 0 Å². The Labute approximate surface area is 260 Å². The van der Waals surface area contributed by atoms with E-state index in [1.165, 1.54) is 50.1 Å². The number of amides is 1. The number of carboxylic acids is 1. The molecule has 0 bridgehead atoms.